The summed E-state index contributed by atoms with van der Waals surface area (Å²) < 4.78 is 11.0. The van der Waals surface area contributed by atoms with Gasteiger partial charge >= 0.3 is 11.9 Å². The maximum atomic E-state index is 12.2. The number of fused-ring (bicyclic) bond motifs is 2. The molecule has 5 heteroatoms. The Labute approximate surface area is 111 Å². The predicted molar refractivity (Wildman–Crippen MR) is 65.4 cm³/mol. The minimum atomic E-state index is -0.984. The fraction of sp³-hybridized carbons (Fsp3) is 0.714. The number of aliphatic carboxylic acids is 1. The summed E-state index contributed by atoms with van der Waals surface area (Å²) >= 11 is 0. The molecule has 4 atom stereocenters. The van der Waals surface area contributed by atoms with Crippen molar-refractivity contribution in [3.63, 3.8) is 0 Å². The molecule has 2 bridgehead atoms. The Morgan fingerprint density at radius 2 is 1.68 bits per heavy atom. The van der Waals surface area contributed by atoms with Gasteiger partial charge in [0.15, 0.2) is 0 Å². The topological polar surface area (TPSA) is 72.8 Å². The quantitative estimate of drug-likeness (QED) is 0.619. The zero-order valence-corrected chi connectivity index (χ0v) is 10.7. The van der Waals surface area contributed by atoms with E-state index >= 15 is 0 Å². The second-order valence-corrected chi connectivity index (χ2v) is 5.54. The summed E-state index contributed by atoms with van der Waals surface area (Å²) in [4.78, 5) is 23.5. The Hall–Kier alpha value is -1.36. The molecular formula is C14H18O5. The molecule has 1 aliphatic carbocycles. The van der Waals surface area contributed by atoms with Gasteiger partial charge in [-0.25, -0.2) is 0 Å². The molecule has 0 aromatic heterocycles. The molecule has 5 nitrogen and oxygen atoms in total. The van der Waals surface area contributed by atoms with Crippen LogP contribution < -0.4 is 0 Å². The van der Waals surface area contributed by atoms with Gasteiger partial charge in [0, 0.05) is 0 Å². The average Bonchev–Trinajstić information content (AvgIpc) is 2.99. The van der Waals surface area contributed by atoms with Gasteiger partial charge in [-0.15, -0.1) is 0 Å². The van der Waals surface area contributed by atoms with E-state index in [4.69, 9.17) is 9.47 Å². The van der Waals surface area contributed by atoms with Gasteiger partial charge in [0.25, 0.3) is 0 Å². The fourth-order valence-corrected chi connectivity index (χ4v) is 3.31. The SMILES string of the molecule is O=C(O)C1C2C=CC(O2)C1C(=O)OC1CCCCC1. The zero-order chi connectivity index (χ0) is 13.4. The molecule has 0 spiro atoms. The standard InChI is InChI=1S/C14H18O5/c15-13(16)11-9-6-7-10(19-9)12(11)14(17)18-8-4-2-1-3-5-8/h6-12H,1-5H2,(H,15,16). The Balaban J connectivity index is 1.68. The van der Waals surface area contributed by atoms with Crippen LogP contribution in [0.2, 0.25) is 0 Å². The highest BCUT2D eigenvalue weighted by atomic mass is 16.6. The molecule has 104 valence electrons. The lowest BCUT2D eigenvalue weighted by atomic mass is 9.83. The van der Waals surface area contributed by atoms with Crippen LogP contribution in [0, 0.1) is 11.8 Å². The molecule has 3 rings (SSSR count). The van der Waals surface area contributed by atoms with Crippen molar-refractivity contribution in [3.8, 4) is 0 Å². The van der Waals surface area contributed by atoms with Crippen molar-refractivity contribution < 1.29 is 24.2 Å². The molecule has 2 fully saturated rings. The molecule has 1 N–H and O–H groups in total. The van der Waals surface area contributed by atoms with Gasteiger partial charge in [0.05, 0.1) is 12.2 Å². The van der Waals surface area contributed by atoms with E-state index < -0.39 is 36.0 Å². The highest BCUT2D eigenvalue weighted by molar-refractivity contribution is 5.84. The lowest BCUT2D eigenvalue weighted by molar-refractivity contribution is -0.162. The van der Waals surface area contributed by atoms with Crippen LogP contribution in [0.1, 0.15) is 32.1 Å². The first kappa shape index (κ1) is 12.7. The van der Waals surface area contributed by atoms with Crippen LogP contribution in [0.5, 0.6) is 0 Å². The summed E-state index contributed by atoms with van der Waals surface area (Å²) in [5.74, 6) is -2.88. The molecule has 1 saturated heterocycles. The van der Waals surface area contributed by atoms with Crippen molar-refractivity contribution in [1.82, 2.24) is 0 Å². The summed E-state index contributed by atoms with van der Waals surface area (Å²) in [7, 11) is 0. The van der Waals surface area contributed by atoms with Gasteiger partial charge in [-0.3, -0.25) is 9.59 Å². The number of esters is 1. The Morgan fingerprint density at radius 1 is 1.05 bits per heavy atom. The molecule has 19 heavy (non-hydrogen) atoms. The van der Waals surface area contributed by atoms with Crippen LogP contribution in [0.15, 0.2) is 12.2 Å². The van der Waals surface area contributed by atoms with Crippen LogP contribution in [-0.4, -0.2) is 35.4 Å². The van der Waals surface area contributed by atoms with Gasteiger partial charge in [0.1, 0.15) is 17.9 Å². The number of carboxylic acids is 1. The number of hydrogen-bond donors (Lipinski definition) is 1. The Bertz CT molecular complexity index is 410. The molecule has 4 unspecified atom stereocenters. The van der Waals surface area contributed by atoms with Gasteiger partial charge in [-0.2, -0.15) is 0 Å². The van der Waals surface area contributed by atoms with Crippen LogP contribution in [0.25, 0.3) is 0 Å². The molecule has 0 aromatic rings. The van der Waals surface area contributed by atoms with Crippen molar-refractivity contribution in [3.05, 3.63) is 12.2 Å². The predicted octanol–water partition coefficient (Wildman–Crippen LogP) is 1.52. The van der Waals surface area contributed by atoms with Crippen molar-refractivity contribution in [2.75, 3.05) is 0 Å². The van der Waals surface area contributed by atoms with Crippen molar-refractivity contribution in [1.29, 1.82) is 0 Å². The maximum absolute atomic E-state index is 12.2. The summed E-state index contributed by atoms with van der Waals surface area (Å²) in [6, 6.07) is 0. The third kappa shape index (κ3) is 2.27. The summed E-state index contributed by atoms with van der Waals surface area (Å²) in [5.41, 5.74) is 0. The molecule has 2 aliphatic heterocycles. The molecule has 0 radical (unpaired) electrons. The highest BCUT2D eigenvalue weighted by Crippen LogP contribution is 2.40. The lowest BCUT2D eigenvalue weighted by Crippen LogP contribution is -2.39. The normalized spacial score (nSPS) is 37.5. The smallest absolute Gasteiger partial charge is 0.313 e. The van der Waals surface area contributed by atoms with E-state index in [2.05, 4.69) is 0 Å². The van der Waals surface area contributed by atoms with Crippen molar-refractivity contribution in [2.24, 2.45) is 11.8 Å². The zero-order valence-electron chi connectivity index (χ0n) is 10.7. The average molecular weight is 266 g/mol. The molecular weight excluding hydrogens is 248 g/mol. The number of hydrogen-bond acceptors (Lipinski definition) is 4. The van der Waals surface area contributed by atoms with E-state index in [0.717, 1.165) is 25.7 Å². The van der Waals surface area contributed by atoms with Gasteiger partial charge < -0.3 is 14.6 Å². The second kappa shape index (κ2) is 4.96. The third-order valence-electron chi connectivity index (χ3n) is 4.29. The largest absolute Gasteiger partial charge is 0.481 e. The summed E-state index contributed by atoms with van der Waals surface area (Å²) in [6.07, 6.45) is 7.67. The Kier molecular flexibility index (Phi) is 3.31. The summed E-state index contributed by atoms with van der Waals surface area (Å²) in [5, 5.41) is 9.24. The number of carbonyl (C=O) groups is 2. The molecule has 3 aliphatic rings. The van der Waals surface area contributed by atoms with Gasteiger partial charge in [-0.05, 0) is 25.7 Å². The first-order valence-corrected chi connectivity index (χ1v) is 6.94. The highest BCUT2D eigenvalue weighted by Gasteiger charge is 2.54. The number of carbonyl (C=O) groups excluding carboxylic acids is 1. The third-order valence-corrected chi connectivity index (χ3v) is 4.29. The van der Waals surface area contributed by atoms with E-state index in [1.807, 2.05) is 0 Å². The van der Waals surface area contributed by atoms with E-state index in [1.165, 1.54) is 6.42 Å². The summed E-state index contributed by atoms with van der Waals surface area (Å²) in [6.45, 7) is 0. The van der Waals surface area contributed by atoms with E-state index in [-0.39, 0.29) is 6.10 Å². The van der Waals surface area contributed by atoms with Gasteiger partial charge in [0.2, 0.25) is 0 Å². The molecule has 1 saturated carbocycles. The fourth-order valence-electron chi connectivity index (χ4n) is 3.31. The molecule has 0 aromatic carbocycles. The maximum Gasteiger partial charge on any atom is 0.313 e. The van der Waals surface area contributed by atoms with Gasteiger partial charge in [-0.1, -0.05) is 18.6 Å². The molecule has 0 amide bonds. The monoisotopic (exact) mass is 266 g/mol. The number of carboxylic acid groups (broad SMARTS) is 1. The van der Waals surface area contributed by atoms with Crippen LogP contribution in [0.4, 0.5) is 0 Å². The molecule has 2 heterocycles. The number of ether oxygens (including phenoxy) is 2. The first-order valence-electron chi connectivity index (χ1n) is 6.94. The Morgan fingerprint density at radius 3 is 2.32 bits per heavy atom. The lowest BCUT2D eigenvalue weighted by Gasteiger charge is -2.26. The van der Waals surface area contributed by atoms with E-state index in [0.29, 0.717) is 0 Å². The van der Waals surface area contributed by atoms with Crippen LogP contribution in [-0.2, 0) is 19.1 Å². The van der Waals surface area contributed by atoms with Crippen LogP contribution in [0.3, 0.4) is 0 Å². The van der Waals surface area contributed by atoms with Crippen LogP contribution >= 0.6 is 0 Å². The minimum absolute atomic E-state index is 0.0428. The van der Waals surface area contributed by atoms with Crippen molar-refractivity contribution in [2.45, 2.75) is 50.4 Å². The second-order valence-electron chi connectivity index (χ2n) is 5.54. The van der Waals surface area contributed by atoms with E-state index in [9.17, 15) is 14.7 Å². The minimum Gasteiger partial charge on any atom is -0.481 e. The first-order chi connectivity index (χ1) is 9.16. The van der Waals surface area contributed by atoms with Crippen molar-refractivity contribution >= 4 is 11.9 Å². The van der Waals surface area contributed by atoms with E-state index in [1.54, 1.807) is 12.2 Å². The number of rotatable bonds is 3.